The van der Waals surface area contributed by atoms with E-state index in [0.717, 1.165) is 6.07 Å². The number of rotatable bonds is 9. The fourth-order valence-corrected chi connectivity index (χ4v) is 2.12. The van der Waals surface area contributed by atoms with E-state index in [1.54, 1.807) is 0 Å². The molecular formula is C15H19N3O7. The number of benzene rings is 1. The molecule has 0 saturated carbocycles. The first-order valence-electron chi connectivity index (χ1n) is 7.40. The molecule has 0 heterocycles. The van der Waals surface area contributed by atoms with E-state index in [-0.39, 0.29) is 23.5 Å². The smallest absolute Gasteiger partial charge is 0.325 e. The van der Waals surface area contributed by atoms with E-state index in [1.165, 1.54) is 24.1 Å². The van der Waals surface area contributed by atoms with Crippen molar-refractivity contribution in [3.05, 3.63) is 33.9 Å². The van der Waals surface area contributed by atoms with Crippen molar-refractivity contribution in [1.29, 1.82) is 0 Å². The normalized spacial score (nSPS) is 10.0. The van der Waals surface area contributed by atoms with Gasteiger partial charge in [-0.05, 0) is 18.6 Å². The largest absolute Gasteiger partial charge is 0.480 e. The number of nitro groups is 1. The number of carbonyl (C=O) groups excluding carboxylic acids is 2. The van der Waals surface area contributed by atoms with E-state index in [0.29, 0.717) is 13.0 Å². The molecule has 0 radical (unpaired) electrons. The first-order chi connectivity index (χ1) is 11.8. The highest BCUT2D eigenvalue weighted by Gasteiger charge is 2.23. The van der Waals surface area contributed by atoms with Crippen LogP contribution in [0.15, 0.2) is 18.2 Å². The molecule has 136 valence electrons. The van der Waals surface area contributed by atoms with Gasteiger partial charge in [-0.15, -0.1) is 0 Å². The Labute approximate surface area is 143 Å². The van der Waals surface area contributed by atoms with Crippen molar-refractivity contribution in [3.63, 3.8) is 0 Å². The highest BCUT2D eigenvalue weighted by atomic mass is 16.6. The van der Waals surface area contributed by atoms with E-state index in [2.05, 4.69) is 10.1 Å². The molecule has 10 heteroatoms. The number of amides is 1. The zero-order valence-electron chi connectivity index (χ0n) is 13.9. The van der Waals surface area contributed by atoms with Gasteiger partial charge in [0, 0.05) is 18.2 Å². The average Bonchev–Trinajstić information content (AvgIpc) is 2.57. The van der Waals surface area contributed by atoms with Crippen molar-refractivity contribution >= 4 is 29.2 Å². The molecule has 0 atom stereocenters. The number of methoxy groups -OCH3 is 1. The van der Waals surface area contributed by atoms with Crippen LogP contribution in [0.5, 0.6) is 0 Å². The van der Waals surface area contributed by atoms with Gasteiger partial charge >= 0.3 is 11.9 Å². The number of hydrogen-bond acceptors (Lipinski definition) is 7. The lowest BCUT2D eigenvalue weighted by Crippen LogP contribution is -2.32. The van der Waals surface area contributed by atoms with Gasteiger partial charge in [-0.2, -0.15) is 0 Å². The maximum absolute atomic E-state index is 12.0. The zero-order chi connectivity index (χ0) is 19.0. The van der Waals surface area contributed by atoms with Crippen LogP contribution in [-0.4, -0.2) is 54.6 Å². The minimum atomic E-state index is -1.12. The SMILES string of the molecule is CCCN(CC(=O)O)c1ccc(C(=O)NCC(=O)OC)cc1[N+](=O)[O-]. The molecule has 0 unspecified atom stereocenters. The third-order valence-electron chi connectivity index (χ3n) is 3.22. The van der Waals surface area contributed by atoms with E-state index >= 15 is 0 Å². The molecule has 0 aliphatic heterocycles. The van der Waals surface area contributed by atoms with Crippen LogP contribution in [0.25, 0.3) is 0 Å². The van der Waals surface area contributed by atoms with E-state index < -0.39 is 29.3 Å². The minimum Gasteiger partial charge on any atom is -0.480 e. The average molecular weight is 353 g/mol. The van der Waals surface area contributed by atoms with Crippen LogP contribution >= 0.6 is 0 Å². The number of nitrogens with one attached hydrogen (secondary N) is 1. The highest BCUT2D eigenvalue weighted by molar-refractivity contribution is 5.97. The lowest BCUT2D eigenvalue weighted by molar-refractivity contribution is -0.384. The predicted molar refractivity (Wildman–Crippen MR) is 87.6 cm³/mol. The lowest BCUT2D eigenvalue weighted by Gasteiger charge is -2.22. The summed E-state index contributed by atoms with van der Waals surface area (Å²) in [4.78, 5) is 46.0. The maximum atomic E-state index is 12.0. The second-order valence-corrected chi connectivity index (χ2v) is 5.03. The molecule has 0 saturated heterocycles. The standard InChI is InChI=1S/C15H19N3O7/c1-3-6-17(9-13(19)20)11-5-4-10(7-12(11)18(23)24)15(22)16-8-14(21)25-2/h4-5,7H,3,6,8-9H2,1-2H3,(H,16,22)(H,19,20). The third kappa shape index (κ3) is 5.75. The second-order valence-electron chi connectivity index (χ2n) is 5.03. The third-order valence-corrected chi connectivity index (χ3v) is 3.22. The van der Waals surface area contributed by atoms with Gasteiger partial charge in [-0.25, -0.2) is 0 Å². The number of carboxylic acids is 1. The molecule has 0 aliphatic rings. The molecule has 10 nitrogen and oxygen atoms in total. The summed E-state index contributed by atoms with van der Waals surface area (Å²) in [6.45, 7) is 1.35. The summed E-state index contributed by atoms with van der Waals surface area (Å²) in [5.41, 5.74) is -0.301. The van der Waals surface area contributed by atoms with Gasteiger partial charge in [0.1, 0.15) is 18.8 Å². The van der Waals surface area contributed by atoms with Gasteiger partial charge in [-0.3, -0.25) is 24.5 Å². The van der Waals surface area contributed by atoms with E-state index in [4.69, 9.17) is 5.11 Å². The van der Waals surface area contributed by atoms with Gasteiger partial charge in [0.25, 0.3) is 11.6 Å². The summed E-state index contributed by atoms with van der Waals surface area (Å²) in [6, 6.07) is 3.70. The molecule has 0 spiro atoms. The number of esters is 1. The number of aliphatic carboxylic acids is 1. The highest BCUT2D eigenvalue weighted by Crippen LogP contribution is 2.29. The van der Waals surface area contributed by atoms with Gasteiger partial charge in [-0.1, -0.05) is 6.92 Å². The molecule has 1 aromatic rings. The summed E-state index contributed by atoms with van der Waals surface area (Å²) in [5.74, 6) is -2.46. The van der Waals surface area contributed by atoms with Gasteiger partial charge in [0.15, 0.2) is 0 Å². The quantitative estimate of drug-likeness (QED) is 0.377. The number of anilines is 1. The summed E-state index contributed by atoms with van der Waals surface area (Å²) in [6.07, 6.45) is 0.589. The number of nitrogens with zero attached hydrogens (tertiary/aromatic N) is 2. The van der Waals surface area contributed by atoms with Crippen molar-refractivity contribution in [2.75, 3.05) is 31.6 Å². The molecule has 0 aromatic heterocycles. The van der Waals surface area contributed by atoms with Gasteiger partial charge in [0.2, 0.25) is 0 Å². The predicted octanol–water partition coefficient (Wildman–Crippen LogP) is 0.799. The Balaban J connectivity index is 3.13. The Bertz CT molecular complexity index is 675. The van der Waals surface area contributed by atoms with E-state index in [9.17, 15) is 24.5 Å². The number of carboxylic acid groups (broad SMARTS) is 1. The van der Waals surface area contributed by atoms with Crippen LogP contribution in [0.3, 0.4) is 0 Å². The van der Waals surface area contributed by atoms with Gasteiger partial charge in [0.05, 0.1) is 12.0 Å². The first-order valence-corrected chi connectivity index (χ1v) is 7.40. The topological polar surface area (TPSA) is 139 Å². The molecule has 1 amide bonds. The Hall–Kier alpha value is -3.17. The monoisotopic (exact) mass is 353 g/mol. The molecule has 2 N–H and O–H groups in total. The van der Waals surface area contributed by atoms with Crippen molar-refractivity contribution in [3.8, 4) is 0 Å². The maximum Gasteiger partial charge on any atom is 0.325 e. The van der Waals surface area contributed by atoms with Crippen LogP contribution in [0.2, 0.25) is 0 Å². The van der Waals surface area contributed by atoms with Crippen LogP contribution in [-0.2, 0) is 14.3 Å². The number of hydrogen-bond donors (Lipinski definition) is 2. The van der Waals surface area contributed by atoms with Crippen molar-refractivity contribution in [1.82, 2.24) is 5.32 Å². The Morgan fingerprint density at radius 2 is 2.04 bits per heavy atom. The zero-order valence-corrected chi connectivity index (χ0v) is 13.9. The Morgan fingerprint density at radius 3 is 2.56 bits per heavy atom. The molecule has 1 aromatic carbocycles. The summed E-state index contributed by atoms with van der Waals surface area (Å²) in [7, 11) is 1.17. The number of ether oxygens (including phenoxy) is 1. The summed E-state index contributed by atoms with van der Waals surface area (Å²) in [5, 5.41) is 22.6. The summed E-state index contributed by atoms with van der Waals surface area (Å²) >= 11 is 0. The van der Waals surface area contributed by atoms with Crippen LogP contribution in [0, 0.1) is 10.1 Å². The molecule has 25 heavy (non-hydrogen) atoms. The van der Waals surface area contributed by atoms with Crippen LogP contribution in [0.4, 0.5) is 11.4 Å². The Kier molecular flexibility index (Phi) is 7.32. The van der Waals surface area contributed by atoms with Crippen molar-refractivity contribution in [2.45, 2.75) is 13.3 Å². The lowest BCUT2D eigenvalue weighted by atomic mass is 10.1. The fourth-order valence-electron chi connectivity index (χ4n) is 2.12. The van der Waals surface area contributed by atoms with Crippen molar-refractivity contribution < 1.29 is 29.2 Å². The molecule has 0 fully saturated rings. The molecule has 0 aliphatic carbocycles. The minimum absolute atomic E-state index is 0.0221. The second kappa shape index (κ2) is 9.21. The molecule has 1 rings (SSSR count). The van der Waals surface area contributed by atoms with Crippen LogP contribution < -0.4 is 10.2 Å². The van der Waals surface area contributed by atoms with E-state index in [1.807, 2.05) is 6.92 Å². The number of carbonyl (C=O) groups is 3. The fraction of sp³-hybridized carbons (Fsp3) is 0.400. The summed E-state index contributed by atoms with van der Waals surface area (Å²) < 4.78 is 4.39. The number of nitro benzene ring substituents is 1. The van der Waals surface area contributed by atoms with Crippen LogP contribution in [0.1, 0.15) is 23.7 Å². The van der Waals surface area contributed by atoms with Crippen molar-refractivity contribution in [2.24, 2.45) is 0 Å². The molecule has 0 bridgehead atoms. The molecular weight excluding hydrogens is 334 g/mol. The first kappa shape index (κ1) is 19.9. The Morgan fingerprint density at radius 1 is 1.36 bits per heavy atom. The van der Waals surface area contributed by atoms with Gasteiger partial charge < -0.3 is 20.1 Å².